The molecule has 3 aromatic rings. The van der Waals surface area contributed by atoms with Gasteiger partial charge >= 0.3 is 0 Å². The predicted molar refractivity (Wildman–Crippen MR) is 108 cm³/mol. The zero-order valence-electron chi connectivity index (χ0n) is 14.1. The highest BCUT2D eigenvalue weighted by Gasteiger charge is 2.08. The van der Waals surface area contributed by atoms with E-state index in [0.717, 1.165) is 21.7 Å². The number of aromatic amines is 1. The highest BCUT2D eigenvalue weighted by molar-refractivity contribution is 9.10. The highest BCUT2D eigenvalue weighted by atomic mass is 79.9. The van der Waals surface area contributed by atoms with Crippen LogP contribution in [-0.2, 0) is 11.3 Å². The quantitative estimate of drug-likeness (QED) is 0.487. The standard InChI is InChI=1S/C18H18BrN5OS/c1-12-3-2-4-15(9-12)20-10-16-22-18(24-23-16)26-11-17(25)21-14-7-5-13(19)6-8-14/h2-9,20H,10-11H2,1H3,(H,21,25)(H,22,23,24). The Bertz CT molecular complexity index is 881. The van der Waals surface area contributed by atoms with E-state index in [4.69, 9.17) is 0 Å². The molecule has 1 aromatic heterocycles. The Labute approximate surface area is 164 Å². The number of nitrogens with zero attached hydrogens (tertiary/aromatic N) is 2. The van der Waals surface area contributed by atoms with Crippen LogP contribution in [0.15, 0.2) is 58.2 Å². The van der Waals surface area contributed by atoms with Gasteiger partial charge in [-0.15, -0.1) is 5.10 Å². The van der Waals surface area contributed by atoms with Gasteiger partial charge in [0.25, 0.3) is 0 Å². The Kier molecular flexibility index (Phi) is 6.30. The summed E-state index contributed by atoms with van der Waals surface area (Å²) in [6, 6.07) is 15.6. The van der Waals surface area contributed by atoms with Crippen molar-refractivity contribution < 1.29 is 4.79 Å². The van der Waals surface area contributed by atoms with E-state index >= 15 is 0 Å². The molecule has 3 N–H and O–H groups in total. The molecule has 26 heavy (non-hydrogen) atoms. The van der Waals surface area contributed by atoms with Crippen LogP contribution >= 0.6 is 27.7 Å². The summed E-state index contributed by atoms with van der Waals surface area (Å²) >= 11 is 4.66. The average molecular weight is 432 g/mol. The minimum Gasteiger partial charge on any atom is -0.378 e. The minimum absolute atomic E-state index is 0.0958. The number of halogens is 1. The first-order chi connectivity index (χ1) is 12.6. The van der Waals surface area contributed by atoms with Crippen molar-refractivity contribution in [2.24, 2.45) is 0 Å². The third kappa shape index (κ3) is 5.60. The van der Waals surface area contributed by atoms with Crippen LogP contribution in [0.5, 0.6) is 0 Å². The topological polar surface area (TPSA) is 82.7 Å². The number of carbonyl (C=O) groups excluding carboxylic acids is 1. The summed E-state index contributed by atoms with van der Waals surface area (Å²) in [5.74, 6) is 0.877. The summed E-state index contributed by atoms with van der Waals surface area (Å²) in [4.78, 5) is 16.4. The fourth-order valence-corrected chi connectivity index (χ4v) is 3.10. The number of benzene rings is 2. The molecule has 0 saturated heterocycles. The van der Waals surface area contributed by atoms with Gasteiger partial charge < -0.3 is 10.6 Å². The third-order valence-corrected chi connectivity index (χ3v) is 4.83. The molecule has 0 fully saturated rings. The summed E-state index contributed by atoms with van der Waals surface area (Å²) in [5, 5.41) is 13.7. The van der Waals surface area contributed by atoms with Crippen molar-refractivity contribution in [1.29, 1.82) is 0 Å². The number of nitrogens with one attached hydrogen (secondary N) is 3. The molecule has 6 nitrogen and oxygen atoms in total. The van der Waals surface area contributed by atoms with E-state index in [9.17, 15) is 4.79 Å². The molecular formula is C18H18BrN5OS. The van der Waals surface area contributed by atoms with Crippen molar-refractivity contribution in [1.82, 2.24) is 15.2 Å². The van der Waals surface area contributed by atoms with Crippen LogP contribution in [0.1, 0.15) is 11.4 Å². The number of hydrogen-bond acceptors (Lipinski definition) is 5. The van der Waals surface area contributed by atoms with Crippen LogP contribution in [0.25, 0.3) is 0 Å². The van der Waals surface area contributed by atoms with Gasteiger partial charge in [0.2, 0.25) is 11.1 Å². The number of rotatable bonds is 7. The summed E-state index contributed by atoms with van der Waals surface area (Å²) < 4.78 is 0.970. The normalized spacial score (nSPS) is 10.5. The predicted octanol–water partition coefficient (Wildman–Crippen LogP) is 4.22. The fourth-order valence-electron chi connectivity index (χ4n) is 2.22. The van der Waals surface area contributed by atoms with Crippen LogP contribution in [0.2, 0.25) is 0 Å². The second-order valence-corrected chi connectivity index (χ2v) is 7.49. The van der Waals surface area contributed by atoms with Gasteiger partial charge in [-0.25, -0.2) is 4.98 Å². The lowest BCUT2D eigenvalue weighted by atomic mass is 10.2. The van der Waals surface area contributed by atoms with Crippen LogP contribution < -0.4 is 10.6 Å². The molecule has 2 aromatic carbocycles. The molecule has 0 bridgehead atoms. The average Bonchev–Trinajstić information content (AvgIpc) is 3.08. The molecule has 0 spiro atoms. The Morgan fingerprint density at radius 2 is 2.00 bits per heavy atom. The molecular weight excluding hydrogens is 414 g/mol. The lowest BCUT2D eigenvalue weighted by Crippen LogP contribution is -2.14. The van der Waals surface area contributed by atoms with Gasteiger partial charge in [-0.2, -0.15) is 0 Å². The Balaban J connectivity index is 1.45. The van der Waals surface area contributed by atoms with Gasteiger partial charge in [0.05, 0.1) is 12.3 Å². The fraction of sp³-hybridized carbons (Fsp3) is 0.167. The zero-order chi connectivity index (χ0) is 18.4. The van der Waals surface area contributed by atoms with E-state index in [-0.39, 0.29) is 11.7 Å². The largest absolute Gasteiger partial charge is 0.378 e. The van der Waals surface area contributed by atoms with E-state index in [1.807, 2.05) is 49.4 Å². The lowest BCUT2D eigenvalue weighted by Gasteiger charge is -2.04. The van der Waals surface area contributed by atoms with Crippen LogP contribution in [0.4, 0.5) is 11.4 Å². The number of aromatic nitrogens is 3. The van der Waals surface area contributed by atoms with Gasteiger partial charge in [0.15, 0.2) is 0 Å². The number of thioether (sulfide) groups is 1. The second-order valence-electron chi connectivity index (χ2n) is 5.63. The van der Waals surface area contributed by atoms with Gasteiger partial charge in [-0.1, -0.05) is 39.8 Å². The number of H-pyrrole nitrogens is 1. The van der Waals surface area contributed by atoms with Crippen molar-refractivity contribution in [3.63, 3.8) is 0 Å². The molecule has 0 radical (unpaired) electrons. The molecule has 0 atom stereocenters. The van der Waals surface area contributed by atoms with Crippen molar-refractivity contribution in [2.75, 3.05) is 16.4 Å². The Morgan fingerprint density at radius 1 is 1.19 bits per heavy atom. The smallest absolute Gasteiger partial charge is 0.234 e. The third-order valence-electron chi connectivity index (χ3n) is 3.45. The SMILES string of the molecule is Cc1cccc(NCc2nc(SCC(=O)Nc3ccc(Br)cc3)n[nH]2)c1. The van der Waals surface area contributed by atoms with Crippen LogP contribution in [0, 0.1) is 6.92 Å². The monoisotopic (exact) mass is 431 g/mol. The maximum atomic E-state index is 12.0. The van der Waals surface area contributed by atoms with Gasteiger partial charge in [0.1, 0.15) is 5.82 Å². The van der Waals surface area contributed by atoms with E-state index < -0.39 is 0 Å². The summed E-state index contributed by atoms with van der Waals surface area (Å²) in [5.41, 5.74) is 2.99. The summed E-state index contributed by atoms with van der Waals surface area (Å²) in [7, 11) is 0. The number of amides is 1. The number of carbonyl (C=O) groups is 1. The minimum atomic E-state index is -0.0958. The number of anilines is 2. The van der Waals surface area contributed by atoms with Crippen LogP contribution in [0.3, 0.4) is 0 Å². The van der Waals surface area contributed by atoms with E-state index in [1.54, 1.807) is 0 Å². The highest BCUT2D eigenvalue weighted by Crippen LogP contribution is 2.17. The molecule has 1 amide bonds. The molecule has 0 aliphatic rings. The van der Waals surface area contributed by atoms with Gasteiger partial charge in [-0.3, -0.25) is 9.89 Å². The van der Waals surface area contributed by atoms with Gasteiger partial charge in [0, 0.05) is 15.8 Å². The Hall–Kier alpha value is -2.32. The van der Waals surface area contributed by atoms with Crippen molar-refractivity contribution in [3.8, 4) is 0 Å². The molecule has 8 heteroatoms. The van der Waals surface area contributed by atoms with E-state index in [2.05, 4.69) is 47.8 Å². The molecule has 0 aliphatic carbocycles. The summed E-state index contributed by atoms with van der Waals surface area (Å²) in [6.45, 7) is 2.59. The maximum Gasteiger partial charge on any atom is 0.234 e. The van der Waals surface area contributed by atoms with Crippen molar-refractivity contribution in [3.05, 3.63) is 64.4 Å². The number of hydrogen-bond donors (Lipinski definition) is 3. The first kappa shape index (κ1) is 18.5. The molecule has 134 valence electrons. The second kappa shape index (κ2) is 8.86. The molecule has 0 aliphatic heterocycles. The maximum absolute atomic E-state index is 12.0. The summed E-state index contributed by atoms with van der Waals surface area (Å²) in [6.07, 6.45) is 0. The van der Waals surface area contributed by atoms with Crippen LogP contribution in [-0.4, -0.2) is 26.8 Å². The molecule has 0 unspecified atom stereocenters. The zero-order valence-corrected chi connectivity index (χ0v) is 16.5. The van der Waals surface area contributed by atoms with E-state index in [0.29, 0.717) is 11.7 Å². The molecule has 1 heterocycles. The molecule has 3 rings (SSSR count). The first-order valence-electron chi connectivity index (χ1n) is 7.98. The van der Waals surface area contributed by atoms with Crippen molar-refractivity contribution in [2.45, 2.75) is 18.6 Å². The van der Waals surface area contributed by atoms with E-state index in [1.165, 1.54) is 17.3 Å². The first-order valence-corrected chi connectivity index (χ1v) is 9.76. The molecule has 0 saturated carbocycles. The van der Waals surface area contributed by atoms with Gasteiger partial charge in [-0.05, 0) is 48.9 Å². The number of aryl methyl sites for hydroxylation is 1. The Morgan fingerprint density at radius 3 is 2.77 bits per heavy atom. The van der Waals surface area contributed by atoms with Crippen molar-refractivity contribution >= 4 is 45.0 Å². The lowest BCUT2D eigenvalue weighted by molar-refractivity contribution is -0.113.